The number of rotatable bonds is 1. The Hall–Kier alpha value is -3.79. The summed E-state index contributed by atoms with van der Waals surface area (Å²) in [5, 5.41) is 6.74. The minimum absolute atomic E-state index is 0.324. The molecule has 0 amide bonds. The molecule has 6 rings (SSSR count). The van der Waals surface area contributed by atoms with Gasteiger partial charge in [-0.2, -0.15) is 0 Å². The number of anilines is 1. The molecule has 0 aliphatic carbocycles. The molecule has 4 nitrogen and oxygen atoms in total. The lowest BCUT2D eigenvalue weighted by Crippen LogP contribution is -2.42. The highest BCUT2D eigenvalue weighted by Gasteiger charge is 2.39. The van der Waals surface area contributed by atoms with Crippen LogP contribution in [0.4, 0.5) is 5.69 Å². The number of nitrogens with one attached hydrogen (secondary N) is 1. The van der Waals surface area contributed by atoms with Crippen LogP contribution in [-0.4, -0.2) is 4.57 Å². The Balaban J connectivity index is 1.67. The lowest BCUT2D eigenvalue weighted by Gasteiger charge is -2.38. The molecule has 0 saturated carbocycles. The monoisotopic (exact) mass is 378 g/mol. The first-order chi connectivity index (χ1) is 14.1. The molecular formula is C25H18N2O2. The minimum atomic E-state index is -0.719. The van der Waals surface area contributed by atoms with E-state index in [1.54, 1.807) is 0 Å². The number of benzene rings is 3. The SMILES string of the molecule is CC1(c2cc3c(ccc4ccccc43)oc2=O)Nc2ccccc2-n2cccc21. The van der Waals surface area contributed by atoms with Crippen LogP contribution in [0.5, 0.6) is 0 Å². The number of fused-ring (bicyclic) bond motifs is 6. The minimum Gasteiger partial charge on any atom is -0.422 e. The fourth-order valence-corrected chi connectivity index (χ4v) is 4.55. The Morgan fingerprint density at radius 2 is 1.72 bits per heavy atom. The molecule has 5 aromatic rings. The van der Waals surface area contributed by atoms with Crippen molar-refractivity contribution in [3.8, 4) is 5.69 Å². The Bertz CT molecular complexity index is 1480. The molecule has 0 fully saturated rings. The van der Waals surface area contributed by atoms with E-state index in [2.05, 4.69) is 34.1 Å². The summed E-state index contributed by atoms with van der Waals surface area (Å²) in [6, 6.07) is 26.2. The Morgan fingerprint density at radius 1 is 0.897 bits per heavy atom. The zero-order valence-corrected chi connectivity index (χ0v) is 15.8. The van der Waals surface area contributed by atoms with Gasteiger partial charge in [0.05, 0.1) is 22.6 Å². The van der Waals surface area contributed by atoms with Crippen molar-refractivity contribution in [2.24, 2.45) is 0 Å². The third kappa shape index (κ3) is 2.17. The van der Waals surface area contributed by atoms with Crippen molar-refractivity contribution in [1.29, 1.82) is 0 Å². The van der Waals surface area contributed by atoms with E-state index in [9.17, 15) is 4.79 Å². The van der Waals surface area contributed by atoms with Crippen molar-refractivity contribution in [3.05, 3.63) is 107 Å². The molecule has 1 unspecified atom stereocenters. The third-order valence-corrected chi connectivity index (χ3v) is 5.99. The van der Waals surface area contributed by atoms with Crippen LogP contribution >= 0.6 is 0 Å². The zero-order chi connectivity index (χ0) is 19.6. The predicted octanol–water partition coefficient (Wildman–Crippen LogP) is 5.43. The maximum atomic E-state index is 13.1. The van der Waals surface area contributed by atoms with Gasteiger partial charge in [0.2, 0.25) is 0 Å². The molecule has 3 heterocycles. The molecule has 4 heteroatoms. The number of aromatic nitrogens is 1. The van der Waals surface area contributed by atoms with Gasteiger partial charge in [0.25, 0.3) is 0 Å². The van der Waals surface area contributed by atoms with Gasteiger partial charge >= 0.3 is 5.63 Å². The molecule has 3 aromatic carbocycles. The van der Waals surface area contributed by atoms with Crippen LogP contribution in [-0.2, 0) is 5.54 Å². The van der Waals surface area contributed by atoms with Crippen LogP contribution in [0.3, 0.4) is 0 Å². The smallest absolute Gasteiger partial charge is 0.342 e. The summed E-state index contributed by atoms with van der Waals surface area (Å²) < 4.78 is 7.93. The maximum Gasteiger partial charge on any atom is 0.342 e. The summed E-state index contributed by atoms with van der Waals surface area (Å²) in [5.74, 6) is 0. The molecule has 0 bridgehead atoms. The van der Waals surface area contributed by atoms with Gasteiger partial charge in [-0.25, -0.2) is 4.79 Å². The van der Waals surface area contributed by atoms with Crippen LogP contribution in [0.1, 0.15) is 18.2 Å². The van der Waals surface area contributed by atoms with Gasteiger partial charge < -0.3 is 14.3 Å². The van der Waals surface area contributed by atoms with Gasteiger partial charge in [-0.05, 0) is 54.1 Å². The van der Waals surface area contributed by atoms with Crippen molar-refractivity contribution in [2.75, 3.05) is 5.32 Å². The van der Waals surface area contributed by atoms with Crippen molar-refractivity contribution < 1.29 is 4.42 Å². The lowest BCUT2D eigenvalue weighted by molar-refractivity contribution is 0.511. The van der Waals surface area contributed by atoms with Crippen molar-refractivity contribution in [2.45, 2.75) is 12.5 Å². The summed E-state index contributed by atoms with van der Waals surface area (Å²) in [6.07, 6.45) is 2.03. The molecule has 140 valence electrons. The number of hydrogen-bond acceptors (Lipinski definition) is 3. The molecule has 2 aromatic heterocycles. The third-order valence-electron chi connectivity index (χ3n) is 5.99. The zero-order valence-electron chi connectivity index (χ0n) is 15.8. The van der Waals surface area contributed by atoms with E-state index in [1.165, 1.54) is 0 Å². The van der Waals surface area contributed by atoms with E-state index in [0.29, 0.717) is 11.1 Å². The molecular weight excluding hydrogens is 360 g/mol. The van der Waals surface area contributed by atoms with Crippen LogP contribution in [0.15, 0.2) is 94.3 Å². The Kier molecular flexibility index (Phi) is 3.13. The predicted molar refractivity (Wildman–Crippen MR) is 116 cm³/mol. The van der Waals surface area contributed by atoms with Gasteiger partial charge in [-0.15, -0.1) is 0 Å². The average molecular weight is 378 g/mol. The van der Waals surface area contributed by atoms with E-state index in [1.807, 2.05) is 67.7 Å². The summed E-state index contributed by atoms with van der Waals surface area (Å²) in [4.78, 5) is 13.1. The largest absolute Gasteiger partial charge is 0.422 e. The fourth-order valence-electron chi connectivity index (χ4n) is 4.55. The van der Waals surface area contributed by atoms with E-state index in [4.69, 9.17) is 4.42 Å². The first kappa shape index (κ1) is 16.2. The molecule has 1 atom stereocenters. The van der Waals surface area contributed by atoms with Crippen LogP contribution in [0.2, 0.25) is 0 Å². The summed E-state index contributed by atoms with van der Waals surface area (Å²) in [6.45, 7) is 2.04. The lowest BCUT2D eigenvalue weighted by atomic mass is 9.86. The second-order valence-electron chi connectivity index (χ2n) is 7.68. The first-order valence-electron chi connectivity index (χ1n) is 9.67. The van der Waals surface area contributed by atoms with Gasteiger partial charge in [0.15, 0.2) is 0 Å². The van der Waals surface area contributed by atoms with Gasteiger partial charge in [-0.3, -0.25) is 0 Å². The second-order valence-corrected chi connectivity index (χ2v) is 7.68. The van der Waals surface area contributed by atoms with Crippen LogP contribution in [0.25, 0.3) is 27.4 Å². The quantitative estimate of drug-likeness (QED) is 0.313. The average Bonchev–Trinajstić information content (AvgIpc) is 3.24. The molecule has 1 N–H and O–H groups in total. The second kappa shape index (κ2) is 5.61. The topological polar surface area (TPSA) is 47.2 Å². The molecule has 1 aliphatic rings. The molecule has 1 aliphatic heterocycles. The van der Waals surface area contributed by atoms with E-state index in [0.717, 1.165) is 33.2 Å². The van der Waals surface area contributed by atoms with E-state index >= 15 is 0 Å². The fraction of sp³-hybridized carbons (Fsp3) is 0.0800. The molecule has 0 spiro atoms. The first-order valence-corrected chi connectivity index (χ1v) is 9.67. The summed E-state index contributed by atoms with van der Waals surface area (Å²) in [5.41, 5.74) is 3.21. The van der Waals surface area contributed by atoms with Crippen molar-refractivity contribution in [3.63, 3.8) is 0 Å². The number of para-hydroxylation sites is 2. The van der Waals surface area contributed by atoms with Gasteiger partial charge in [-0.1, -0.05) is 42.5 Å². The highest BCUT2D eigenvalue weighted by atomic mass is 16.4. The maximum absolute atomic E-state index is 13.1. The van der Waals surface area contributed by atoms with E-state index < -0.39 is 5.54 Å². The van der Waals surface area contributed by atoms with Crippen molar-refractivity contribution >= 4 is 27.4 Å². The molecule has 29 heavy (non-hydrogen) atoms. The van der Waals surface area contributed by atoms with Crippen LogP contribution in [0, 0.1) is 0 Å². The number of nitrogens with zero attached hydrogens (tertiary/aromatic N) is 1. The highest BCUT2D eigenvalue weighted by molar-refractivity contribution is 6.05. The Labute approximate surface area is 167 Å². The highest BCUT2D eigenvalue weighted by Crippen LogP contribution is 2.41. The van der Waals surface area contributed by atoms with Crippen molar-refractivity contribution in [1.82, 2.24) is 4.57 Å². The molecule has 0 saturated heterocycles. The normalized spacial score (nSPS) is 17.7. The standard InChI is InChI=1S/C25H18N2O2/c1-25(23-11-6-14-27(23)21-10-5-4-9-20(21)26-25)19-15-18-17-8-3-2-7-16(17)12-13-22(18)29-24(19)28/h2-15,26H,1H3. The Morgan fingerprint density at radius 3 is 2.66 bits per heavy atom. The van der Waals surface area contributed by atoms with E-state index in [-0.39, 0.29) is 5.63 Å². The van der Waals surface area contributed by atoms with Gasteiger partial charge in [0, 0.05) is 11.6 Å². The van der Waals surface area contributed by atoms with Crippen LogP contribution < -0.4 is 10.9 Å². The molecule has 0 radical (unpaired) electrons. The number of hydrogen-bond donors (Lipinski definition) is 1. The summed E-state index contributed by atoms with van der Waals surface area (Å²) in [7, 11) is 0. The van der Waals surface area contributed by atoms with Gasteiger partial charge in [0.1, 0.15) is 11.1 Å². The summed E-state index contributed by atoms with van der Waals surface area (Å²) >= 11 is 0.